The molecule has 6 heteroatoms. The number of carbonyl (C=O) groups is 2. The van der Waals surface area contributed by atoms with Crippen LogP contribution >= 0.6 is 0 Å². The zero-order valence-electron chi connectivity index (χ0n) is 15.5. The van der Waals surface area contributed by atoms with Crippen LogP contribution in [-0.2, 0) is 17.9 Å². The maximum absolute atomic E-state index is 13.1. The first kappa shape index (κ1) is 17.7. The van der Waals surface area contributed by atoms with E-state index in [4.69, 9.17) is 0 Å². The number of hydrogen-bond acceptors (Lipinski definition) is 4. The Hall–Kier alpha value is -2.73. The molecule has 3 amide bonds. The predicted octanol–water partition coefficient (Wildman–Crippen LogP) is 2.48. The lowest BCUT2D eigenvalue weighted by molar-refractivity contribution is -0.133. The van der Waals surface area contributed by atoms with Crippen molar-refractivity contribution < 1.29 is 9.59 Å². The normalized spacial score (nSPS) is 19.5. The number of benzene rings is 1. The van der Waals surface area contributed by atoms with Gasteiger partial charge in [0.1, 0.15) is 5.54 Å². The number of hydrogen-bond donors (Lipinski definition) is 1. The molecule has 1 spiro atoms. The Labute approximate surface area is 159 Å². The Balaban J connectivity index is 1.42. The molecule has 0 bridgehead atoms. The van der Waals surface area contributed by atoms with Gasteiger partial charge >= 0.3 is 6.03 Å². The highest BCUT2D eigenvalue weighted by Crippen LogP contribution is 2.31. The maximum atomic E-state index is 13.1. The summed E-state index contributed by atoms with van der Waals surface area (Å²) in [5, 5.41) is 2.99. The van der Waals surface area contributed by atoms with Gasteiger partial charge in [0.15, 0.2) is 0 Å². The van der Waals surface area contributed by atoms with Gasteiger partial charge in [-0.05, 0) is 43.0 Å². The van der Waals surface area contributed by atoms with E-state index in [1.54, 1.807) is 6.20 Å². The predicted molar refractivity (Wildman–Crippen MR) is 102 cm³/mol. The summed E-state index contributed by atoms with van der Waals surface area (Å²) >= 11 is 0. The van der Waals surface area contributed by atoms with E-state index in [-0.39, 0.29) is 11.9 Å². The molecular weight excluding hydrogens is 340 g/mol. The Morgan fingerprint density at radius 3 is 2.48 bits per heavy atom. The van der Waals surface area contributed by atoms with Crippen LogP contribution in [0.4, 0.5) is 4.79 Å². The number of carbonyl (C=O) groups excluding carboxylic acids is 2. The smallest absolute Gasteiger partial charge is 0.323 e. The molecule has 1 aromatic heterocycles. The third kappa shape index (κ3) is 3.45. The Kier molecular flexibility index (Phi) is 4.66. The quantitative estimate of drug-likeness (QED) is 0.847. The number of nitrogens with zero attached hydrogens (tertiary/aromatic N) is 3. The van der Waals surface area contributed by atoms with Crippen LogP contribution in [0, 0.1) is 6.92 Å². The lowest BCUT2D eigenvalue weighted by atomic mass is 9.87. The second kappa shape index (κ2) is 7.12. The van der Waals surface area contributed by atoms with E-state index in [9.17, 15) is 9.59 Å². The molecular formula is C21H24N4O2. The van der Waals surface area contributed by atoms with E-state index in [2.05, 4.69) is 15.2 Å². The molecule has 0 aliphatic carbocycles. The van der Waals surface area contributed by atoms with Gasteiger partial charge < -0.3 is 5.32 Å². The Bertz CT molecular complexity index is 844. The van der Waals surface area contributed by atoms with Crippen LogP contribution in [0.2, 0.25) is 0 Å². The van der Waals surface area contributed by atoms with Crippen LogP contribution in [0.5, 0.6) is 0 Å². The van der Waals surface area contributed by atoms with Crippen LogP contribution in [0.15, 0.2) is 48.7 Å². The van der Waals surface area contributed by atoms with Gasteiger partial charge in [0.25, 0.3) is 5.91 Å². The molecule has 0 atom stereocenters. The lowest BCUT2D eigenvalue weighted by Gasteiger charge is -2.37. The van der Waals surface area contributed by atoms with Crippen LogP contribution in [0.3, 0.4) is 0 Å². The number of piperidine rings is 1. The third-order valence-electron chi connectivity index (χ3n) is 5.66. The van der Waals surface area contributed by atoms with Gasteiger partial charge in [-0.2, -0.15) is 0 Å². The number of likely N-dealkylation sites (tertiary alicyclic amines) is 1. The Morgan fingerprint density at radius 2 is 1.78 bits per heavy atom. The number of imide groups is 1. The number of amides is 3. The van der Waals surface area contributed by atoms with E-state index < -0.39 is 5.54 Å². The van der Waals surface area contributed by atoms with Crippen molar-refractivity contribution in [2.75, 3.05) is 13.1 Å². The van der Waals surface area contributed by atoms with Crippen molar-refractivity contribution in [3.8, 4) is 0 Å². The van der Waals surface area contributed by atoms with Crippen LogP contribution in [0.25, 0.3) is 0 Å². The average molecular weight is 364 g/mol. The van der Waals surface area contributed by atoms with E-state index >= 15 is 0 Å². The fourth-order valence-corrected chi connectivity index (χ4v) is 3.93. The lowest BCUT2D eigenvalue weighted by Crippen LogP contribution is -2.54. The molecule has 4 rings (SSSR count). The molecule has 27 heavy (non-hydrogen) atoms. The van der Waals surface area contributed by atoms with Gasteiger partial charge in [-0.15, -0.1) is 0 Å². The van der Waals surface area contributed by atoms with Crippen molar-refractivity contribution in [1.82, 2.24) is 20.1 Å². The number of urea groups is 1. The SMILES string of the molecule is Cc1ccccc1CN1C(=O)NC2(CCN(Cc3ccccn3)CC2)C1=O. The molecule has 1 N–H and O–H groups in total. The second-order valence-corrected chi connectivity index (χ2v) is 7.43. The van der Waals surface area contributed by atoms with Crippen molar-refractivity contribution in [3.63, 3.8) is 0 Å². The van der Waals surface area contributed by atoms with Gasteiger partial charge in [-0.25, -0.2) is 4.79 Å². The van der Waals surface area contributed by atoms with Crippen LogP contribution < -0.4 is 5.32 Å². The summed E-state index contributed by atoms with van der Waals surface area (Å²) in [6.45, 7) is 4.63. The minimum atomic E-state index is -0.750. The molecule has 2 aromatic rings. The third-order valence-corrected chi connectivity index (χ3v) is 5.66. The summed E-state index contributed by atoms with van der Waals surface area (Å²) in [5.41, 5.74) is 2.37. The minimum Gasteiger partial charge on any atom is -0.323 e. The summed E-state index contributed by atoms with van der Waals surface area (Å²) in [4.78, 5) is 33.6. The molecule has 6 nitrogen and oxygen atoms in total. The molecule has 0 radical (unpaired) electrons. The molecule has 2 aliphatic heterocycles. The van der Waals surface area contributed by atoms with Crippen molar-refractivity contribution >= 4 is 11.9 Å². The summed E-state index contributed by atoms with van der Waals surface area (Å²) in [5.74, 6) is -0.0896. The van der Waals surface area contributed by atoms with Crippen LogP contribution in [-0.4, -0.2) is 45.4 Å². The van der Waals surface area contributed by atoms with Gasteiger partial charge in [0.2, 0.25) is 0 Å². The fourth-order valence-electron chi connectivity index (χ4n) is 3.93. The first-order valence-electron chi connectivity index (χ1n) is 9.38. The van der Waals surface area contributed by atoms with Crippen molar-refractivity contribution in [1.29, 1.82) is 0 Å². The molecule has 2 aliphatic rings. The number of aromatic nitrogens is 1. The van der Waals surface area contributed by atoms with E-state index in [0.29, 0.717) is 19.4 Å². The second-order valence-electron chi connectivity index (χ2n) is 7.43. The summed E-state index contributed by atoms with van der Waals surface area (Å²) in [6, 6.07) is 13.5. The highest BCUT2D eigenvalue weighted by Gasteiger charge is 2.52. The van der Waals surface area contributed by atoms with Crippen molar-refractivity contribution in [3.05, 3.63) is 65.5 Å². The minimum absolute atomic E-state index is 0.0896. The molecule has 1 aromatic carbocycles. The molecule has 3 heterocycles. The standard InChI is InChI=1S/C21H24N4O2/c1-16-6-2-3-7-17(16)14-25-19(26)21(23-20(25)27)9-12-24(13-10-21)15-18-8-4-5-11-22-18/h2-8,11H,9-10,12-15H2,1H3,(H,23,27). The number of aryl methyl sites for hydroxylation is 1. The van der Waals surface area contributed by atoms with Crippen molar-refractivity contribution in [2.24, 2.45) is 0 Å². The van der Waals surface area contributed by atoms with Gasteiger partial charge in [0, 0.05) is 25.8 Å². The van der Waals surface area contributed by atoms with E-state index in [1.807, 2.05) is 49.4 Å². The fraction of sp³-hybridized carbons (Fsp3) is 0.381. The van der Waals surface area contributed by atoms with Gasteiger partial charge in [0.05, 0.1) is 12.2 Å². The highest BCUT2D eigenvalue weighted by atomic mass is 16.2. The number of nitrogens with one attached hydrogen (secondary N) is 1. The number of rotatable bonds is 4. The van der Waals surface area contributed by atoms with Crippen molar-refractivity contribution in [2.45, 2.75) is 38.4 Å². The molecule has 140 valence electrons. The zero-order chi connectivity index (χ0) is 18.9. The highest BCUT2D eigenvalue weighted by molar-refractivity contribution is 6.07. The van der Waals surface area contributed by atoms with Gasteiger partial charge in [-0.1, -0.05) is 30.3 Å². The van der Waals surface area contributed by atoms with Crippen LogP contribution in [0.1, 0.15) is 29.7 Å². The zero-order valence-corrected chi connectivity index (χ0v) is 15.5. The topological polar surface area (TPSA) is 65.5 Å². The molecule has 2 fully saturated rings. The monoisotopic (exact) mass is 364 g/mol. The first-order chi connectivity index (χ1) is 13.1. The first-order valence-corrected chi connectivity index (χ1v) is 9.38. The maximum Gasteiger partial charge on any atom is 0.325 e. The average Bonchev–Trinajstić information content (AvgIpc) is 2.90. The molecule has 0 unspecified atom stereocenters. The summed E-state index contributed by atoms with van der Waals surface area (Å²) in [7, 11) is 0. The van der Waals surface area contributed by atoms with Gasteiger partial charge in [-0.3, -0.25) is 19.6 Å². The number of pyridine rings is 1. The largest absolute Gasteiger partial charge is 0.325 e. The Morgan fingerprint density at radius 1 is 1.04 bits per heavy atom. The molecule has 0 saturated carbocycles. The summed E-state index contributed by atoms with van der Waals surface area (Å²) in [6.07, 6.45) is 3.06. The van der Waals surface area contributed by atoms with E-state index in [0.717, 1.165) is 36.5 Å². The van der Waals surface area contributed by atoms with E-state index in [1.165, 1.54) is 4.90 Å². The molecule has 2 saturated heterocycles. The summed E-state index contributed by atoms with van der Waals surface area (Å²) < 4.78 is 0.